The summed E-state index contributed by atoms with van der Waals surface area (Å²) in [4.78, 5) is 27.0. The first-order valence-electron chi connectivity index (χ1n) is 7.21. The van der Waals surface area contributed by atoms with Crippen molar-refractivity contribution in [1.29, 1.82) is 0 Å². The number of fused-ring (bicyclic) bond motifs is 1. The molecule has 9 heteroatoms. The first-order valence-corrected chi connectivity index (χ1v) is 7.21. The molecule has 3 rings (SSSR count). The third kappa shape index (κ3) is 3.39. The lowest BCUT2D eigenvalue weighted by Gasteiger charge is -2.06. The number of halogens is 1. The third-order valence-corrected chi connectivity index (χ3v) is 3.54. The molecule has 3 aromatic rings. The Morgan fingerprint density at radius 1 is 1.36 bits per heavy atom. The number of methoxy groups -OCH3 is 1. The van der Waals surface area contributed by atoms with Gasteiger partial charge in [-0.15, -0.1) is 0 Å². The average Bonchev–Trinajstić information content (AvgIpc) is 3.00. The molecule has 128 valence electrons. The van der Waals surface area contributed by atoms with Gasteiger partial charge in [0, 0.05) is 18.5 Å². The Kier molecular flexibility index (Phi) is 4.29. The number of hydrogen-bond donors (Lipinski definition) is 1. The number of nitrogens with zero attached hydrogens (tertiary/aromatic N) is 3. The minimum absolute atomic E-state index is 0.0382. The number of imidazole rings is 1. The summed E-state index contributed by atoms with van der Waals surface area (Å²) >= 11 is 0. The van der Waals surface area contributed by atoms with Gasteiger partial charge in [0.25, 0.3) is 11.6 Å². The van der Waals surface area contributed by atoms with Crippen LogP contribution in [-0.4, -0.2) is 27.3 Å². The number of nitro groups is 1. The molecular formula is C16H13FN4O4. The molecule has 1 aromatic carbocycles. The predicted molar refractivity (Wildman–Crippen MR) is 86.0 cm³/mol. The van der Waals surface area contributed by atoms with E-state index in [9.17, 15) is 19.3 Å². The molecule has 0 unspecified atom stereocenters. The zero-order valence-electron chi connectivity index (χ0n) is 13.1. The standard InChI is InChI=1S/C16H13FN4O4/c1-25-12-3-4-14(21(23)24)13(6-12)16(22)18-7-11-9-20-8-10(17)2-5-15(20)19-11/h2-6,8-9H,7H2,1H3,(H,18,22). The Balaban J connectivity index is 1.80. The maximum atomic E-state index is 13.2. The minimum atomic E-state index is -0.637. The van der Waals surface area contributed by atoms with E-state index in [2.05, 4.69) is 10.3 Å². The highest BCUT2D eigenvalue weighted by atomic mass is 19.1. The summed E-state index contributed by atoms with van der Waals surface area (Å²) < 4.78 is 19.7. The number of carbonyl (C=O) groups is 1. The third-order valence-electron chi connectivity index (χ3n) is 3.54. The van der Waals surface area contributed by atoms with Gasteiger partial charge in [0.15, 0.2) is 0 Å². The van der Waals surface area contributed by atoms with E-state index < -0.39 is 16.6 Å². The number of amides is 1. The number of rotatable bonds is 5. The fourth-order valence-corrected chi connectivity index (χ4v) is 2.35. The van der Waals surface area contributed by atoms with E-state index in [0.29, 0.717) is 17.1 Å². The van der Waals surface area contributed by atoms with Gasteiger partial charge >= 0.3 is 0 Å². The molecule has 0 aliphatic carbocycles. The van der Waals surface area contributed by atoms with Gasteiger partial charge in [-0.05, 0) is 24.3 Å². The van der Waals surface area contributed by atoms with Gasteiger partial charge in [-0.25, -0.2) is 9.37 Å². The van der Waals surface area contributed by atoms with Crippen molar-refractivity contribution in [3.8, 4) is 5.75 Å². The van der Waals surface area contributed by atoms with E-state index >= 15 is 0 Å². The Morgan fingerprint density at radius 3 is 2.88 bits per heavy atom. The van der Waals surface area contributed by atoms with Crippen molar-refractivity contribution in [2.45, 2.75) is 6.54 Å². The van der Waals surface area contributed by atoms with Crippen molar-refractivity contribution < 1.29 is 18.8 Å². The zero-order chi connectivity index (χ0) is 18.0. The lowest BCUT2D eigenvalue weighted by Crippen LogP contribution is -2.24. The molecule has 0 saturated heterocycles. The van der Waals surface area contributed by atoms with Crippen LogP contribution in [0.25, 0.3) is 5.65 Å². The van der Waals surface area contributed by atoms with Crippen LogP contribution in [-0.2, 0) is 6.54 Å². The number of carbonyl (C=O) groups excluding carboxylic acids is 1. The molecule has 1 N–H and O–H groups in total. The summed E-state index contributed by atoms with van der Waals surface area (Å²) in [6, 6.07) is 6.71. The minimum Gasteiger partial charge on any atom is -0.497 e. The molecule has 0 spiro atoms. The van der Waals surface area contributed by atoms with Crippen molar-refractivity contribution in [1.82, 2.24) is 14.7 Å². The lowest BCUT2D eigenvalue weighted by molar-refractivity contribution is -0.385. The summed E-state index contributed by atoms with van der Waals surface area (Å²) in [6.07, 6.45) is 2.83. The van der Waals surface area contributed by atoms with Gasteiger partial charge in [0.1, 0.15) is 22.8 Å². The molecule has 0 radical (unpaired) electrons. The number of aromatic nitrogens is 2. The van der Waals surface area contributed by atoms with E-state index in [1.54, 1.807) is 6.20 Å². The molecule has 0 aliphatic rings. The second-order valence-corrected chi connectivity index (χ2v) is 5.17. The van der Waals surface area contributed by atoms with E-state index in [1.807, 2.05) is 0 Å². The smallest absolute Gasteiger partial charge is 0.282 e. The van der Waals surface area contributed by atoms with E-state index in [1.165, 1.54) is 48.0 Å². The van der Waals surface area contributed by atoms with Crippen LogP contribution in [0, 0.1) is 15.9 Å². The number of ether oxygens (including phenoxy) is 1. The Bertz CT molecular complexity index is 970. The number of benzene rings is 1. The SMILES string of the molecule is COc1ccc([N+](=O)[O-])c(C(=O)NCc2cn3cc(F)ccc3n2)c1. The summed E-state index contributed by atoms with van der Waals surface area (Å²) in [5.41, 5.74) is 0.581. The van der Waals surface area contributed by atoms with Gasteiger partial charge in [0.2, 0.25) is 0 Å². The monoisotopic (exact) mass is 344 g/mol. The van der Waals surface area contributed by atoms with E-state index in [-0.39, 0.29) is 17.8 Å². The quantitative estimate of drug-likeness (QED) is 0.566. The van der Waals surface area contributed by atoms with Crippen molar-refractivity contribution in [3.05, 3.63) is 69.9 Å². The van der Waals surface area contributed by atoms with Crippen LogP contribution < -0.4 is 10.1 Å². The van der Waals surface area contributed by atoms with Gasteiger partial charge < -0.3 is 14.5 Å². The van der Waals surface area contributed by atoms with Crippen LogP contribution in [0.4, 0.5) is 10.1 Å². The molecule has 2 heterocycles. The summed E-state index contributed by atoms with van der Waals surface area (Å²) in [5, 5.41) is 13.7. The molecule has 0 aliphatic heterocycles. The molecule has 1 amide bonds. The number of pyridine rings is 1. The topological polar surface area (TPSA) is 98.8 Å². The highest BCUT2D eigenvalue weighted by Crippen LogP contribution is 2.24. The molecule has 8 nitrogen and oxygen atoms in total. The van der Waals surface area contributed by atoms with Crippen LogP contribution in [0.5, 0.6) is 5.75 Å². The fraction of sp³-hybridized carbons (Fsp3) is 0.125. The first-order chi connectivity index (χ1) is 12.0. The molecule has 2 aromatic heterocycles. The highest BCUT2D eigenvalue weighted by Gasteiger charge is 2.21. The summed E-state index contributed by atoms with van der Waals surface area (Å²) in [6.45, 7) is 0.0382. The van der Waals surface area contributed by atoms with Crippen molar-refractivity contribution in [2.75, 3.05) is 7.11 Å². The predicted octanol–water partition coefficient (Wildman–Crippen LogP) is 2.32. The van der Waals surface area contributed by atoms with Crippen LogP contribution in [0.1, 0.15) is 16.1 Å². The molecule has 0 saturated carbocycles. The Hall–Kier alpha value is -3.49. The van der Waals surface area contributed by atoms with Gasteiger partial charge in [-0.1, -0.05) is 0 Å². The van der Waals surface area contributed by atoms with Crippen LogP contribution in [0.3, 0.4) is 0 Å². The Labute approximate surface area is 141 Å². The normalized spacial score (nSPS) is 10.6. The second kappa shape index (κ2) is 6.56. The largest absolute Gasteiger partial charge is 0.497 e. The first kappa shape index (κ1) is 16.4. The molecule has 25 heavy (non-hydrogen) atoms. The number of nitro benzene ring substituents is 1. The maximum Gasteiger partial charge on any atom is 0.282 e. The highest BCUT2D eigenvalue weighted by molar-refractivity contribution is 5.98. The van der Waals surface area contributed by atoms with Crippen LogP contribution in [0.2, 0.25) is 0 Å². The van der Waals surface area contributed by atoms with Gasteiger partial charge in [-0.2, -0.15) is 0 Å². The fourth-order valence-electron chi connectivity index (χ4n) is 2.35. The van der Waals surface area contributed by atoms with Gasteiger partial charge in [-0.3, -0.25) is 14.9 Å². The second-order valence-electron chi connectivity index (χ2n) is 5.17. The van der Waals surface area contributed by atoms with Gasteiger partial charge in [0.05, 0.1) is 24.3 Å². The molecule has 0 fully saturated rings. The molecule has 0 bridgehead atoms. The maximum absolute atomic E-state index is 13.2. The number of nitrogens with one attached hydrogen (secondary N) is 1. The van der Waals surface area contributed by atoms with Crippen molar-refractivity contribution >= 4 is 17.2 Å². The molecular weight excluding hydrogens is 331 g/mol. The number of hydrogen-bond acceptors (Lipinski definition) is 5. The van der Waals surface area contributed by atoms with Crippen molar-refractivity contribution in [3.63, 3.8) is 0 Å². The van der Waals surface area contributed by atoms with E-state index in [4.69, 9.17) is 4.74 Å². The summed E-state index contributed by atoms with van der Waals surface area (Å²) in [5.74, 6) is -0.708. The van der Waals surface area contributed by atoms with Crippen molar-refractivity contribution in [2.24, 2.45) is 0 Å². The van der Waals surface area contributed by atoms with E-state index in [0.717, 1.165) is 0 Å². The zero-order valence-corrected chi connectivity index (χ0v) is 13.1. The summed E-state index contributed by atoms with van der Waals surface area (Å²) in [7, 11) is 1.40. The Morgan fingerprint density at radius 2 is 2.16 bits per heavy atom. The van der Waals surface area contributed by atoms with Crippen LogP contribution in [0.15, 0.2) is 42.7 Å². The lowest BCUT2D eigenvalue weighted by atomic mass is 10.1. The average molecular weight is 344 g/mol. The van der Waals surface area contributed by atoms with Crippen LogP contribution >= 0.6 is 0 Å². The molecule has 0 atom stereocenters.